The molecule has 4 nitrogen and oxygen atoms in total. The van der Waals surface area contributed by atoms with E-state index in [0.717, 1.165) is 0 Å². The molecule has 0 spiro atoms. The molecular formula is C8H14N2O2S. The van der Waals surface area contributed by atoms with E-state index in [4.69, 9.17) is 10.8 Å². The molecule has 0 aliphatic carbocycles. The second-order valence-electron chi connectivity index (χ2n) is 2.78. The number of nitrogens with two attached hydrogens (primary N) is 1. The molecule has 0 unspecified atom stereocenters. The Labute approximate surface area is 81.4 Å². The average Bonchev–Trinajstić information content (AvgIpc) is 2.59. The number of hydrogen-bond acceptors (Lipinski definition) is 4. The molecule has 0 radical (unpaired) electrons. The molecule has 1 atom stereocenters. The van der Waals surface area contributed by atoms with Crippen LogP contribution in [0.3, 0.4) is 0 Å². The third-order valence-corrected chi connectivity index (χ3v) is 1.87. The van der Waals surface area contributed by atoms with Gasteiger partial charge in [-0.25, -0.2) is 0 Å². The van der Waals surface area contributed by atoms with Crippen molar-refractivity contribution in [3.8, 4) is 0 Å². The number of carbonyl (C=O) groups is 1. The molecule has 0 fully saturated rings. The van der Waals surface area contributed by atoms with Gasteiger partial charge >= 0.3 is 5.97 Å². The summed E-state index contributed by atoms with van der Waals surface area (Å²) < 4.78 is 0. The lowest BCUT2D eigenvalue weighted by Crippen LogP contribution is -2.34. The first-order valence-electron chi connectivity index (χ1n) is 3.86. The molecule has 74 valence electrons. The van der Waals surface area contributed by atoms with Gasteiger partial charge in [-0.05, 0) is 5.92 Å². The first kappa shape index (κ1) is 12.1. The number of carboxylic acid groups (broad SMARTS) is 1. The summed E-state index contributed by atoms with van der Waals surface area (Å²) in [6, 6.07) is -0.713. The summed E-state index contributed by atoms with van der Waals surface area (Å²) in [6.07, 6.45) is 1.77. The lowest BCUT2D eigenvalue weighted by molar-refractivity contribution is -0.139. The van der Waals surface area contributed by atoms with Crippen molar-refractivity contribution >= 4 is 17.3 Å². The Morgan fingerprint density at radius 1 is 1.62 bits per heavy atom. The summed E-state index contributed by atoms with van der Waals surface area (Å²) in [5.74, 6) is -0.910. The van der Waals surface area contributed by atoms with Crippen LogP contribution in [0.5, 0.6) is 0 Å². The van der Waals surface area contributed by atoms with E-state index in [1.54, 1.807) is 36.9 Å². The van der Waals surface area contributed by atoms with Crippen molar-refractivity contribution in [3.63, 3.8) is 0 Å². The van der Waals surface area contributed by atoms with Crippen LogP contribution in [0.2, 0.25) is 0 Å². The molecule has 1 heterocycles. The predicted octanol–water partition coefficient (Wildman–Crippen LogP) is 1.20. The molecule has 1 rings (SSSR count). The zero-order chi connectivity index (χ0) is 10.3. The van der Waals surface area contributed by atoms with Crippen LogP contribution in [0.4, 0.5) is 0 Å². The highest BCUT2D eigenvalue weighted by atomic mass is 32.1. The Hall–Kier alpha value is -0.940. The highest BCUT2D eigenvalue weighted by Crippen LogP contribution is 1.96. The van der Waals surface area contributed by atoms with E-state index in [2.05, 4.69) is 4.98 Å². The Morgan fingerprint density at radius 2 is 2.23 bits per heavy atom. The highest BCUT2D eigenvalue weighted by molar-refractivity contribution is 7.07. The van der Waals surface area contributed by atoms with E-state index in [9.17, 15) is 4.79 Å². The SMILES string of the molecule is CC(C)[C@@H](N)C(=O)O.c1cscn1. The highest BCUT2D eigenvalue weighted by Gasteiger charge is 2.14. The summed E-state index contributed by atoms with van der Waals surface area (Å²) in [7, 11) is 0. The van der Waals surface area contributed by atoms with Gasteiger partial charge in [0.15, 0.2) is 0 Å². The van der Waals surface area contributed by atoms with Gasteiger partial charge in [-0.2, -0.15) is 0 Å². The molecule has 0 aliphatic heterocycles. The second kappa shape index (κ2) is 6.56. The molecule has 0 saturated heterocycles. The van der Waals surface area contributed by atoms with Crippen LogP contribution in [-0.2, 0) is 4.79 Å². The van der Waals surface area contributed by atoms with E-state index in [0.29, 0.717) is 0 Å². The van der Waals surface area contributed by atoms with Crippen LogP contribution >= 0.6 is 11.3 Å². The Kier molecular flexibility index (Phi) is 6.09. The molecule has 3 N–H and O–H groups in total. The molecule has 0 bridgehead atoms. The topological polar surface area (TPSA) is 76.2 Å². The number of aliphatic carboxylic acids is 1. The third kappa shape index (κ3) is 6.24. The fourth-order valence-corrected chi connectivity index (χ4v) is 0.812. The van der Waals surface area contributed by atoms with Crippen LogP contribution in [0, 0.1) is 5.92 Å². The predicted molar refractivity (Wildman–Crippen MR) is 52.6 cm³/mol. The summed E-state index contributed by atoms with van der Waals surface area (Å²) >= 11 is 1.60. The molecule has 5 heteroatoms. The van der Waals surface area contributed by atoms with Gasteiger partial charge in [-0.15, -0.1) is 11.3 Å². The van der Waals surface area contributed by atoms with E-state index in [-0.39, 0.29) is 5.92 Å². The number of aromatic nitrogens is 1. The van der Waals surface area contributed by atoms with Crippen LogP contribution in [0.15, 0.2) is 17.1 Å². The van der Waals surface area contributed by atoms with Gasteiger partial charge in [-0.1, -0.05) is 13.8 Å². The van der Waals surface area contributed by atoms with Crippen LogP contribution in [0.25, 0.3) is 0 Å². The van der Waals surface area contributed by atoms with Gasteiger partial charge in [-0.3, -0.25) is 9.78 Å². The quantitative estimate of drug-likeness (QED) is 0.755. The zero-order valence-corrected chi connectivity index (χ0v) is 8.49. The van der Waals surface area contributed by atoms with Crippen molar-refractivity contribution in [2.75, 3.05) is 0 Å². The zero-order valence-electron chi connectivity index (χ0n) is 7.68. The maximum atomic E-state index is 10.0. The number of hydrogen-bond donors (Lipinski definition) is 2. The average molecular weight is 202 g/mol. The molecule has 0 amide bonds. The normalized spacial score (nSPS) is 11.7. The first-order chi connectivity index (χ1) is 6.05. The van der Waals surface area contributed by atoms with Gasteiger partial charge in [0.05, 0.1) is 5.51 Å². The van der Waals surface area contributed by atoms with E-state index in [1.165, 1.54) is 0 Å². The maximum Gasteiger partial charge on any atom is 0.320 e. The minimum Gasteiger partial charge on any atom is -0.480 e. The van der Waals surface area contributed by atoms with Crippen molar-refractivity contribution < 1.29 is 9.90 Å². The summed E-state index contributed by atoms with van der Waals surface area (Å²) in [6.45, 7) is 3.55. The van der Waals surface area contributed by atoms with Crippen LogP contribution < -0.4 is 5.73 Å². The monoisotopic (exact) mass is 202 g/mol. The lowest BCUT2D eigenvalue weighted by atomic mass is 10.1. The van der Waals surface area contributed by atoms with Gasteiger partial charge in [0, 0.05) is 11.6 Å². The molecule has 0 saturated carbocycles. The summed E-state index contributed by atoms with van der Waals surface area (Å²) in [4.78, 5) is 13.8. The van der Waals surface area contributed by atoms with Gasteiger partial charge in [0.2, 0.25) is 0 Å². The smallest absolute Gasteiger partial charge is 0.320 e. The molecular weight excluding hydrogens is 188 g/mol. The fourth-order valence-electron chi connectivity index (χ4n) is 0.461. The standard InChI is InChI=1S/C5H11NO2.C3H3NS/c1-3(2)4(6)5(7)8;1-2-5-3-4-1/h3-4H,6H2,1-2H3,(H,7,8);1-3H/t4-;/m1./s1. The minimum absolute atomic E-state index is 0.0208. The van der Waals surface area contributed by atoms with Gasteiger partial charge in [0.25, 0.3) is 0 Å². The largest absolute Gasteiger partial charge is 0.480 e. The summed E-state index contributed by atoms with van der Waals surface area (Å²) in [5, 5.41) is 10.2. The van der Waals surface area contributed by atoms with Crippen molar-refractivity contribution in [1.29, 1.82) is 0 Å². The molecule has 1 aromatic heterocycles. The number of carboxylic acids is 1. The van der Waals surface area contributed by atoms with Crippen molar-refractivity contribution in [1.82, 2.24) is 4.98 Å². The number of nitrogens with zero attached hydrogens (tertiary/aromatic N) is 1. The Balaban J connectivity index is 0.000000243. The molecule has 0 aromatic carbocycles. The first-order valence-corrected chi connectivity index (χ1v) is 4.80. The molecule has 0 aliphatic rings. The van der Waals surface area contributed by atoms with E-state index in [1.807, 2.05) is 5.38 Å². The second-order valence-corrected chi connectivity index (χ2v) is 3.54. The number of thiazole rings is 1. The number of rotatable bonds is 2. The minimum atomic E-state index is -0.931. The van der Waals surface area contributed by atoms with E-state index < -0.39 is 12.0 Å². The van der Waals surface area contributed by atoms with Crippen molar-refractivity contribution in [2.45, 2.75) is 19.9 Å². The van der Waals surface area contributed by atoms with Crippen molar-refractivity contribution in [2.24, 2.45) is 11.7 Å². The van der Waals surface area contributed by atoms with Crippen LogP contribution in [-0.4, -0.2) is 22.1 Å². The fraction of sp³-hybridized carbons (Fsp3) is 0.500. The Morgan fingerprint density at radius 3 is 2.31 bits per heavy atom. The Bertz CT molecular complexity index is 207. The molecule has 1 aromatic rings. The maximum absolute atomic E-state index is 10.0. The van der Waals surface area contributed by atoms with Crippen LogP contribution in [0.1, 0.15) is 13.8 Å². The summed E-state index contributed by atoms with van der Waals surface area (Å²) in [5.41, 5.74) is 6.95. The van der Waals surface area contributed by atoms with Gasteiger partial charge in [0.1, 0.15) is 6.04 Å². The van der Waals surface area contributed by atoms with Crippen molar-refractivity contribution in [3.05, 3.63) is 17.1 Å². The van der Waals surface area contributed by atoms with E-state index >= 15 is 0 Å². The molecule has 13 heavy (non-hydrogen) atoms. The lowest BCUT2D eigenvalue weighted by Gasteiger charge is -2.07. The van der Waals surface area contributed by atoms with Gasteiger partial charge < -0.3 is 10.8 Å². The third-order valence-electron chi connectivity index (χ3n) is 1.35.